The normalized spacial score (nSPS) is 17.7. The Kier molecular flexibility index (Phi) is 9.95. The number of carbonyl (C=O) groups is 1. The monoisotopic (exact) mass is 408 g/mol. The van der Waals surface area contributed by atoms with Gasteiger partial charge >= 0.3 is 0 Å². The number of likely N-dealkylation sites (tertiary alicyclic amines) is 1. The first-order valence-corrected chi connectivity index (χ1v) is 9.39. The fraction of sp³-hybridized carbons (Fsp3) is 0.611. The van der Waals surface area contributed by atoms with Crippen molar-refractivity contribution in [3.8, 4) is 5.75 Å². The molecule has 0 saturated carbocycles. The topological polar surface area (TPSA) is 32.8 Å². The molecule has 25 heavy (non-hydrogen) atoms. The molecule has 1 aliphatic rings. The van der Waals surface area contributed by atoms with Gasteiger partial charge in [0.05, 0.1) is 10.9 Å². The van der Waals surface area contributed by atoms with E-state index in [-0.39, 0.29) is 24.2 Å². The van der Waals surface area contributed by atoms with Gasteiger partial charge in [0, 0.05) is 31.2 Å². The quantitative estimate of drug-likeness (QED) is 0.670. The summed E-state index contributed by atoms with van der Waals surface area (Å²) in [7, 11) is 0. The number of hydrogen-bond donors (Lipinski definition) is 0. The maximum atomic E-state index is 12.5. The van der Waals surface area contributed by atoms with Gasteiger partial charge in [0.1, 0.15) is 12.4 Å². The molecule has 0 N–H and O–H groups in total. The van der Waals surface area contributed by atoms with Crippen molar-refractivity contribution in [2.75, 3.05) is 39.3 Å². The van der Waals surface area contributed by atoms with Crippen molar-refractivity contribution in [3.63, 3.8) is 0 Å². The summed E-state index contributed by atoms with van der Waals surface area (Å²) in [5.41, 5.74) is 0. The number of halogens is 3. The zero-order chi connectivity index (χ0) is 17.5. The van der Waals surface area contributed by atoms with Crippen LogP contribution in [0.15, 0.2) is 18.2 Å². The van der Waals surface area contributed by atoms with Crippen LogP contribution in [0, 0.1) is 5.92 Å². The number of piperidine rings is 1. The smallest absolute Gasteiger partial charge is 0.226 e. The Morgan fingerprint density at radius 2 is 2.04 bits per heavy atom. The minimum atomic E-state index is 0. The van der Waals surface area contributed by atoms with Crippen molar-refractivity contribution in [3.05, 3.63) is 28.2 Å². The highest BCUT2D eigenvalue weighted by atomic mass is 35.5. The summed E-state index contributed by atoms with van der Waals surface area (Å²) >= 11 is 12.0. The van der Waals surface area contributed by atoms with Crippen LogP contribution in [0.1, 0.15) is 26.7 Å². The van der Waals surface area contributed by atoms with Gasteiger partial charge in [-0.1, -0.05) is 23.2 Å². The Labute approximate surface area is 166 Å². The summed E-state index contributed by atoms with van der Waals surface area (Å²) in [6.07, 6.45) is 2.04. The van der Waals surface area contributed by atoms with Crippen molar-refractivity contribution >= 4 is 41.5 Å². The van der Waals surface area contributed by atoms with Gasteiger partial charge in [-0.3, -0.25) is 9.69 Å². The summed E-state index contributed by atoms with van der Waals surface area (Å²) in [5.74, 6) is 1.04. The summed E-state index contributed by atoms with van der Waals surface area (Å²) < 4.78 is 5.75. The van der Waals surface area contributed by atoms with Crippen LogP contribution >= 0.6 is 35.6 Å². The molecule has 0 radical (unpaired) electrons. The third-order valence-electron chi connectivity index (χ3n) is 4.49. The van der Waals surface area contributed by atoms with Crippen molar-refractivity contribution < 1.29 is 9.53 Å². The Morgan fingerprint density at radius 3 is 2.68 bits per heavy atom. The maximum Gasteiger partial charge on any atom is 0.226 e. The molecule has 2 rings (SSSR count). The predicted octanol–water partition coefficient (Wildman–Crippen LogP) is 4.37. The summed E-state index contributed by atoms with van der Waals surface area (Å²) in [6, 6.07) is 5.23. The first kappa shape index (κ1) is 22.4. The number of benzene rings is 1. The molecular weight excluding hydrogens is 383 g/mol. The van der Waals surface area contributed by atoms with Gasteiger partial charge in [-0.25, -0.2) is 0 Å². The van der Waals surface area contributed by atoms with E-state index in [4.69, 9.17) is 27.9 Å². The molecule has 1 aromatic rings. The number of carbonyl (C=O) groups excluding carboxylic acids is 1. The zero-order valence-corrected chi connectivity index (χ0v) is 17.2. The van der Waals surface area contributed by atoms with Crippen LogP contribution in [0.3, 0.4) is 0 Å². The number of hydrogen-bond acceptors (Lipinski definition) is 3. The van der Waals surface area contributed by atoms with Crippen LogP contribution in [0.4, 0.5) is 0 Å². The summed E-state index contributed by atoms with van der Waals surface area (Å²) in [6.45, 7) is 8.80. The van der Waals surface area contributed by atoms with E-state index in [1.54, 1.807) is 18.2 Å². The van der Waals surface area contributed by atoms with Gasteiger partial charge in [-0.05, 0) is 51.4 Å². The molecule has 1 saturated heterocycles. The second kappa shape index (κ2) is 11.1. The molecule has 4 nitrogen and oxygen atoms in total. The standard InChI is InChI=1S/C18H26Cl2N2O2.ClH/c1-3-22(4-2)18(23)14-6-5-9-21(13-14)10-11-24-17-8-7-15(19)12-16(17)20;/h7-8,12,14H,3-6,9-11,13H2,1-2H3;1H. The molecule has 1 unspecified atom stereocenters. The first-order chi connectivity index (χ1) is 11.5. The van der Waals surface area contributed by atoms with Crippen LogP contribution in [0.5, 0.6) is 5.75 Å². The SMILES string of the molecule is CCN(CC)C(=O)C1CCCN(CCOc2ccc(Cl)cc2Cl)C1.Cl. The molecule has 1 atom stereocenters. The van der Waals surface area contributed by atoms with E-state index in [0.29, 0.717) is 22.4 Å². The van der Waals surface area contributed by atoms with Crippen molar-refractivity contribution in [1.29, 1.82) is 0 Å². The maximum absolute atomic E-state index is 12.5. The molecule has 1 heterocycles. The zero-order valence-electron chi connectivity index (χ0n) is 14.8. The lowest BCUT2D eigenvalue weighted by atomic mass is 9.96. The molecular formula is C18H27Cl3N2O2. The molecule has 1 aliphatic heterocycles. The Balaban J connectivity index is 0.00000312. The molecule has 0 aliphatic carbocycles. The number of nitrogens with zero attached hydrogens (tertiary/aromatic N) is 2. The molecule has 1 aromatic carbocycles. The lowest BCUT2D eigenvalue weighted by molar-refractivity contribution is -0.137. The van der Waals surface area contributed by atoms with Gasteiger partial charge in [0.15, 0.2) is 0 Å². The van der Waals surface area contributed by atoms with E-state index in [0.717, 1.165) is 45.6 Å². The van der Waals surface area contributed by atoms with Gasteiger partial charge in [-0.15, -0.1) is 12.4 Å². The molecule has 0 bridgehead atoms. The van der Waals surface area contributed by atoms with Gasteiger partial charge < -0.3 is 9.64 Å². The van der Waals surface area contributed by atoms with Gasteiger partial charge in [0.2, 0.25) is 5.91 Å². The van der Waals surface area contributed by atoms with Crippen LogP contribution in [-0.2, 0) is 4.79 Å². The number of rotatable bonds is 7. The second-order valence-corrected chi connectivity index (χ2v) is 6.92. The fourth-order valence-corrected chi connectivity index (χ4v) is 3.59. The molecule has 7 heteroatoms. The largest absolute Gasteiger partial charge is 0.491 e. The Morgan fingerprint density at radius 1 is 1.32 bits per heavy atom. The molecule has 1 fully saturated rings. The minimum absolute atomic E-state index is 0. The Hall–Kier alpha value is -0.680. The van der Waals surface area contributed by atoms with E-state index < -0.39 is 0 Å². The number of ether oxygens (including phenoxy) is 1. The highest BCUT2D eigenvalue weighted by Gasteiger charge is 2.28. The van der Waals surface area contributed by atoms with Crippen LogP contribution in [-0.4, -0.2) is 55.0 Å². The second-order valence-electron chi connectivity index (χ2n) is 6.07. The average molecular weight is 410 g/mol. The van der Waals surface area contributed by atoms with Gasteiger partial charge in [0.25, 0.3) is 0 Å². The third kappa shape index (κ3) is 6.52. The van der Waals surface area contributed by atoms with Crippen molar-refractivity contribution in [2.24, 2.45) is 5.92 Å². The van der Waals surface area contributed by atoms with E-state index in [9.17, 15) is 4.79 Å². The fourth-order valence-electron chi connectivity index (χ4n) is 3.13. The third-order valence-corrected chi connectivity index (χ3v) is 5.02. The van der Waals surface area contributed by atoms with Crippen LogP contribution in [0.2, 0.25) is 10.0 Å². The number of amides is 1. The summed E-state index contributed by atoms with van der Waals surface area (Å²) in [5, 5.41) is 1.12. The molecule has 0 aromatic heterocycles. The summed E-state index contributed by atoms with van der Waals surface area (Å²) in [4.78, 5) is 16.7. The van der Waals surface area contributed by atoms with Crippen LogP contribution in [0.25, 0.3) is 0 Å². The molecule has 0 spiro atoms. The lowest BCUT2D eigenvalue weighted by Crippen LogP contribution is -2.45. The first-order valence-electron chi connectivity index (χ1n) is 8.64. The van der Waals surface area contributed by atoms with Crippen molar-refractivity contribution in [2.45, 2.75) is 26.7 Å². The predicted molar refractivity (Wildman–Crippen MR) is 106 cm³/mol. The average Bonchev–Trinajstić information content (AvgIpc) is 2.58. The Bertz CT molecular complexity index is 553. The van der Waals surface area contributed by atoms with Crippen molar-refractivity contribution in [1.82, 2.24) is 9.80 Å². The highest BCUT2D eigenvalue weighted by Crippen LogP contribution is 2.27. The van der Waals surface area contributed by atoms with E-state index in [2.05, 4.69) is 4.90 Å². The lowest BCUT2D eigenvalue weighted by Gasteiger charge is -2.34. The van der Waals surface area contributed by atoms with E-state index >= 15 is 0 Å². The molecule has 1 amide bonds. The van der Waals surface area contributed by atoms with E-state index in [1.165, 1.54) is 0 Å². The van der Waals surface area contributed by atoms with Crippen LogP contribution < -0.4 is 4.74 Å². The van der Waals surface area contributed by atoms with E-state index in [1.807, 2.05) is 18.7 Å². The highest BCUT2D eigenvalue weighted by molar-refractivity contribution is 6.35. The minimum Gasteiger partial charge on any atom is -0.491 e. The molecule has 142 valence electrons. The van der Waals surface area contributed by atoms with Gasteiger partial charge in [-0.2, -0.15) is 0 Å².